The Bertz CT molecular complexity index is 774. The Morgan fingerprint density at radius 2 is 1.72 bits per heavy atom. The first-order chi connectivity index (χ1) is 14.2. The summed E-state index contributed by atoms with van der Waals surface area (Å²) < 4.78 is 5.91. The van der Waals surface area contributed by atoms with Crippen molar-refractivity contribution in [3.8, 4) is 0 Å². The highest BCUT2D eigenvalue weighted by Gasteiger charge is 2.27. The largest absolute Gasteiger partial charge is 0.455 e. The molecule has 156 valence electrons. The summed E-state index contributed by atoms with van der Waals surface area (Å²) in [4.78, 5) is 19.7. The van der Waals surface area contributed by atoms with Gasteiger partial charge in [-0.05, 0) is 63.5 Å². The van der Waals surface area contributed by atoms with Crippen LogP contribution in [-0.2, 0) is 13.1 Å². The van der Waals surface area contributed by atoms with Crippen molar-refractivity contribution >= 4 is 5.91 Å². The van der Waals surface area contributed by atoms with Crippen LogP contribution >= 0.6 is 0 Å². The first-order valence-corrected chi connectivity index (χ1v) is 11.0. The van der Waals surface area contributed by atoms with E-state index in [1.165, 1.54) is 24.8 Å². The third-order valence-corrected chi connectivity index (χ3v) is 6.35. The molecule has 2 aliphatic rings. The summed E-state index contributed by atoms with van der Waals surface area (Å²) in [6, 6.07) is 14.9. The van der Waals surface area contributed by atoms with Gasteiger partial charge in [0.15, 0.2) is 5.76 Å². The van der Waals surface area contributed by atoms with Gasteiger partial charge in [0.1, 0.15) is 5.76 Å². The van der Waals surface area contributed by atoms with Gasteiger partial charge in [0, 0.05) is 25.7 Å². The molecular formula is C24H33N3O2. The molecule has 0 bridgehead atoms. The Balaban J connectivity index is 1.26. The van der Waals surface area contributed by atoms with Crippen molar-refractivity contribution in [2.45, 2.75) is 51.2 Å². The van der Waals surface area contributed by atoms with Gasteiger partial charge in [-0.15, -0.1) is 0 Å². The van der Waals surface area contributed by atoms with Gasteiger partial charge in [-0.1, -0.05) is 36.8 Å². The van der Waals surface area contributed by atoms with E-state index in [0.717, 1.165) is 57.9 Å². The van der Waals surface area contributed by atoms with Gasteiger partial charge in [-0.25, -0.2) is 0 Å². The standard InChI is InChI=1S/C24H33N3O2/c1-25(18-20-8-4-2-5-9-20)21-12-16-27(17-13-21)24(28)23-11-10-22(29-23)19-26-14-6-3-7-15-26/h2,4-5,8-11,21H,3,6-7,12-19H2,1H3. The van der Waals surface area contributed by atoms with Crippen LogP contribution in [0.1, 0.15) is 54.0 Å². The maximum atomic E-state index is 12.9. The van der Waals surface area contributed by atoms with Gasteiger partial charge in [0.05, 0.1) is 6.54 Å². The molecule has 1 aromatic carbocycles. The number of carbonyl (C=O) groups excluding carboxylic acids is 1. The van der Waals surface area contributed by atoms with E-state index in [9.17, 15) is 4.79 Å². The van der Waals surface area contributed by atoms with Gasteiger partial charge >= 0.3 is 0 Å². The molecule has 2 saturated heterocycles. The van der Waals surface area contributed by atoms with Crippen molar-refractivity contribution in [1.29, 1.82) is 0 Å². The number of nitrogens with zero attached hydrogens (tertiary/aromatic N) is 3. The summed E-state index contributed by atoms with van der Waals surface area (Å²) in [5, 5.41) is 0. The highest BCUT2D eigenvalue weighted by molar-refractivity contribution is 5.91. The van der Waals surface area contributed by atoms with Gasteiger partial charge < -0.3 is 9.32 Å². The molecule has 0 unspecified atom stereocenters. The van der Waals surface area contributed by atoms with Gasteiger partial charge in [0.2, 0.25) is 0 Å². The first kappa shape index (κ1) is 20.2. The maximum absolute atomic E-state index is 12.9. The Labute approximate surface area is 174 Å². The predicted molar refractivity (Wildman–Crippen MR) is 115 cm³/mol. The van der Waals surface area contributed by atoms with E-state index in [0.29, 0.717) is 11.8 Å². The van der Waals surface area contributed by atoms with Crippen LogP contribution in [0.25, 0.3) is 0 Å². The summed E-state index contributed by atoms with van der Waals surface area (Å²) >= 11 is 0. The van der Waals surface area contributed by atoms with Gasteiger partial charge in [0.25, 0.3) is 5.91 Å². The fourth-order valence-electron chi connectivity index (χ4n) is 4.58. The molecule has 2 fully saturated rings. The lowest BCUT2D eigenvalue weighted by Gasteiger charge is -2.36. The lowest BCUT2D eigenvalue weighted by atomic mass is 10.0. The normalized spacial score (nSPS) is 19.0. The minimum atomic E-state index is 0.0408. The molecule has 5 nitrogen and oxygen atoms in total. The van der Waals surface area contributed by atoms with Crippen molar-refractivity contribution in [2.24, 2.45) is 0 Å². The Kier molecular flexibility index (Phi) is 6.67. The quantitative estimate of drug-likeness (QED) is 0.741. The molecule has 0 radical (unpaired) electrons. The van der Waals surface area contributed by atoms with E-state index in [1.54, 1.807) is 0 Å². The fourth-order valence-corrected chi connectivity index (χ4v) is 4.58. The smallest absolute Gasteiger partial charge is 0.289 e. The molecule has 1 aromatic heterocycles. The van der Waals surface area contributed by atoms with E-state index in [1.807, 2.05) is 17.0 Å². The van der Waals surface area contributed by atoms with Crippen molar-refractivity contribution in [3.05, 3.63) is 59.5 Å². The number of piperidine rings is 2. The lowest BCUT2D eigenvalue weighted by molar-refractivity contribution is 0.0605. The molecule has 0 atom stereocenters. The van der Waals surface area contributed by atoms with Crippen LogP contribution in [0.2, 0.25) is 0 Å². The molecule has 1 amide bonds. The third-order valence-electron chi connectivity index (χ3n) is 6.35. The number of hydrogen-bond donors (Lipinski definition) is 0. The molecule has 29 heavy (non-hydrogen) atoms. The number of hydrogen-bond acceptors (Lipinski definition) is 4. The average Bonchev–Trinajstić information content (AvgIpc) is 3.23. The van der Waals surface area contributed by atoms with Crippen LogP contribution in [0.4, 0.5) is 0 Å². The number of amides is 1. The lowest BCUT2D eigenvalue weighted by Crippen LogP contribution is -2.45. The zero-order chi connectivity index (χ0) is 20.1. The summed E-state index contributed by atoms with van der Waals surface area (Å²) in [5.41, 5.74) is 1.34. The zero-order valence-corrected chi connectivity index (χ0v) is 17.6. The summed E-state index contributed by atoms with van der Waals surface area (Å²) in [6.45, 7) is 5.63. The van der Waals surface area contributed by atoms with Crippen molar-refractivity contribution in [2.75, 3.05) is 33.2 Å². The van der Waals surface area contributed by atoms with Crippen LogP contribution in [0, 0.1) is 0 Å². The van der Waals surface area contributed by atoms with Crippen LogP contribution in [-0.4, -0.2) is 59.9 Å². The van der Waals surface area contributed by atoms with Crippen LogP contribution in [0.5, 0.6) is 0 Å². The van der Waals surface area contributed by atoms with E-state index < -0.39 is 0 Å². The van der Waals surface area contributed by atoms with Crippen molar-refractivity contribution in [1.82, 2.24) is 14.7 Å². The number of rotatable bonds is 6. The van der Waals surface area contributed by atoms with Crippen LogP contribution < -0.4 is 0 Å². The number of likely N-dealkylation sites (tertiary alicyclic amines) is 2. The van der Waals surface area contributed by atoms with E-state index in [4.69, 9.17) is 4.42 Å². The number of furan rings is 1. The summed E-state index contributed by atoms with van der Waals surface area (Å²) in [6.07, 6.45) is 5.88. The van der Waals surface area contributed by atoms with Crippen LogP contribution in [0.15, 0.2) is 46.9 Å². The van der Waals surface area contributed by atoms with Crippen molar-refractivity contribution < 1.29 is 9.21 Å². The van der Waals surface area contributed by atoms with Crippen molar-refractivity contribution in [3.63, 3.8) is 0 Å². The molecule has 5 heteroatoms. The molecule has 0 saturated carbocycles. The molecule has 0 N–H and O–H groups in total. The number of benzene rings is 1. The Hall–Kier alpha value is -2.11. The molecule has 4 rings (SSSR count). The molecule has 3 heterocycles. The van der Waals surface area contributed by atoms with E-state index in [2.05, 4.69) is 47.2 Å². The minimum absolute atomic E-state index is 0.0408. The monoisotopic (exact) mass is 395 g/mol. The van der Waals surface area contributed by atoms with E-state index >= 15 is 0 Å². The average molecular weight is 396 g/mol. The second-order valence-electron chi connectivity index (χ2n) is 8.53. The molecular weight excluding hydrogens is 362 g/mol. The second kappa shape index (κ2) is 9.59. The molecule has 2 aromatic rings. The maximum Gasteiger partial charge on any atom is 0.289 e. The van der Waals surface area contributed by atoms with E-state index in [-0.39, 0.29) is 5.91 Å². The third kappa shape index (κ3) is 5.28. The summed E-state index contributed by atoms with van der Waals surface area (Å²) in [7, 11) is 2.19. The Morgan fingerprint density at radius 1 is 1.00 bits per heavy atom. The van der Waals surface area contributed by atoms with Gasteiger partial charge in [-0.3, -0.25) is 14.6 Å². The molecule has 0 aliphatic carbocycles. The summed E-state index contributed by atoms with van der Waals surface area (Å²) in [5.74, 6) is 1.44. The number of carbonyl (C=O) groups is 1. The topological polar surface area (TPSA) is 39.9 Å². The Morgan fingerprint density at radius 3 is 2.45 bits per heavy atom. The SMILES string of the molecule is CN(Cc1ccccc1)C1CCN(C(=O)c2ccc(CN3CCCCC3)o2)CC1. The second-order valence-corrected chi connectivity index (χ2v) is 8.53. The van der Waals surface area contributed by atoms with Crippen LogP contribution in [0.3, 0.4) is 0 Å². The molecule has 0 spiro atoms. The highest BCUT2D eigenvalue weighted by atomic mass is 16.4. The first-order valence-electron chi connectivity index (χ1n) is 11.0. The molecule has 2 aliphatic heterocycles. The van der Waals surface area contributed by atoms with Gasteiger partial charge in [-0.2, -0.15) is 0 Å². The highest BCUT2D eigenvalue weighted by Crippen LogP contribution is 2.21. The fraction of sp³-hybridized carbons (Fsp3) is 0.542. The minimum Gasteiger partial charge on any atom is -0.455 e. The zero-order valence-electron chi connectivity index (χ0n) is 17.6. The predicted octanol–water partition coefficient (Wildman–Crippen LogP) is 4.00.